The molecule has 0 spiro atoms. The molecule has 0 unspecified atom stereocenters. The van der Waals surface area contributed by atoms with Crippen LogP contribution in [0.1, 0.15) is 47.0 Å². The quantitative estimate of drug-likeness (QED) is 0.421. The Labute approximate surface area is 194 Å². The van der Waals surface area contributed by atoms with Crippen LogP contribution < -0.4 is 10.1 Å². The molecule has 2 aliphatic rings. The first kappa shape index (κ1) is 20.3. The van der Waals surface area contributed by atoms with E-state index in [1.165, 1.54) is 16.7 Å². The number of ether oxygens (including phenoxy) is 2. The number of nitrogens with zero attached hydrogens (tertiary/aromatic N) is 2. The average Bonchev–Trinajstić information content (AvgIpc) is 3.57. The number of hydrogen-bond acceptors (Lipinski definition) is 4. The summed E-state index contributed by atoms with van der Waals surface area (Å²) in [6.07, 6.45) is 5.34. The Kier molecular flexibility index (Phi) is 5.07. The van der Waals surface area contributed by atoms with Gasteiger partial charge in [-0.15, -0.1) is 0 Å². The zero-order valence-electron chi connectivity index (χ0n) is 19.0. The predicted molar refractivity (Wildman–Crippen MR) is 130 cm³/mol. The molecule has 1 N–H and O–H groups in total. The van der Waals surface area contributed by atoms with Gasteiger partial charge in [-0.3, -0.25) is 4.57 Å². The Hall–Kier alpha value is -3.31. The Morgan fingerprint density at radius 2 is 2.06 bits per heavy atom. The first-order valence-corrected chi connectivity index (χ1v) is 11.6. The van der Waals surface area contributed by atoms with E-state index < -0.39 is 0 Å². The van der Waals surface area contributed by atoms with Crippen molar-refractivity contribution in [2.75, 3.05) is 18.5 Å². The van der Waals surface area contributed by atoms with E-state index in [0.29, 0.717) is 6.61 Å². The van der Waals surface area contributed by atoms with Crippen LogP contribution in [0.3, 0.4) is 0 Å². The third-order valence-electron chi connectivity index (χ3n) is 6.67. The van der Waals surface area contributed by atoms with Crippen molar-refractivity contribution >= 4 is 16.7 Å². The molecule has 166 valence electrons. The van der Waals surface area contributed by atoms with Crippen molar-refractivity contribution in [3.8, 4) is 11.4 Å². The molecular weight excluding hydrogens is 410 g/mol. The van der Waals surface area contributed by atoms with Crippen LogP contribution in [-0.2, 0) is 11.3 Å². The van der Waals surface area contributed by atoms with Gasteiger partial charge in [0.1, 0.15) is 24.3 Å². The highest BCUT2D eigenvalue weighted by Crippen LogP contribution is 2.35. The van der Waals surface area contributed by atoms with Gasteiger partial charge in [-0.05, 0) is 67.6 Å². The monoisotopic (exact) mass is 437 g/mol. The molecule has 2 radical (unpaired) electrons. The third-order valence-corrected chi connectivity index (χ3v) is 6.67. The average molecular weight is 438 g/mol. The molecule has 5 heteroatoms. The normalized spacial score (nSPS) is 17.3. The van der Waals surface area contributed by atoms with Crippen molar-refractivity contribution in [3.05, 3.63) is 89.1 Å². The van der Waals surface area contributed by atoms with Crippen molar-refractivity contribution in [2.24, 2.45) is 0 Å². The lowest BCUT2D eigenvalue weighted by Gasteiger charge is -2.18. The number of rotatable bonds is 5. The molecule has 4 aromatic rings. The zero-order chi connectivity index (χ0) is 22.4. The van der Waals surface area contributed by atoms with Crippen LogP contribution >= 0.6 is 0 Å². The zero-order valence-corrected chi connectivity index (χ0v) is 19.0. The van der Waals surface area contributed by atoms with Gasteiger partial charge < -0.3 is 14.8 Å². The minimum atomic E-state index is 0.0407. The standard InChI is InChI=1S/C28H27N3O2/c1-18-8-11-25-23(15-18)30-28(26-7-4-13-32-26)31(25)24-6-3-5-21(19(24)2)17-29-22-10-9-20-12-14-33-27(20)16-22/h3,5-6,8-11,15-16,26,29H,4,7,13-14,17H2,1-2H3/t26-/m1/s1. The maximum absolute atomic E-state index is 6.06. The number of anilines is 1. The minimum Gasteiger partial charge on any atom is -0.492 e. The summed E-state index contributed by atoms with van der Waals surface area (Å²) >= 11 is 0. The van der Waals surface area contributed by atoms with Crippen LogP contribution in [0.25, 0.3) is 16.7 Å². The molecule has 0 amide bonds. The van der Waals surface area contributed by atoms with Gasteiger partial charge in [-0.1, -0.05) is 24.3 Å². The van der Waals surface area contributed by atoms with E-state index in [1.807, 2.05) is 0 Å². The minimum absolute atomic E-state index is 0.0407. The van der Waals surface area contributed by atoms with Gasteiger partial charge in [-0.2, -0.15) is 0 Å². The number of fused-ring (bicyclic) bond motifs is 2. The van der Waals surface area contributed by atoms with Crippen molar-refractivity contribution in [1.82, 2.24) is 9.55 Å². The summed E-state index contributed by atoms with van der Waals surface area (Å²) in [5, 5.41) is 3.56. The van der Waals surface area contributed by atoms with Crippen LogP contribution in [0, 0.1) is 20.3 Å². The fourth-order valence-electron chi connectivity index (χ4n) is 4.85. The van der Waals surface area contributed by atoms with Crippen molar-refractivity contribution in [1.29, 1.82) is 0 Å². The van der Waals surface area contributed by atoms with Gasteiger partial charge >= 0.3 is 0 Å². The van der Waals surface area contributed by atoms with Crippen molar-refractivity contribution in [3.63, 3.8) is 0 Å². The number of aromatic nitrogens is 2. The molecule has 3 aromatic carbocycles. The second-order valence-electron chi connectivity index (χ2n) is 8.89. The lowest BCUT2D eigenvalue weighted by atomic mass is 10.1. The van der Waals surface area contributed by atoms with E-state index >= 15 is 0 Å². The van der Waals surface area contributed by atoms with Crippen LogP contribution in [0.15, 0.2) is 54.6 Å². The van der Waals surface area contributed by atoms with Gasteiger partial charge in [0.2, 0.25) is 0 Å². The van der Waals surface area contributed by atoms with E-state index in [2.05, 4.69) is 84.7 Å². The number of nitrogens with one attached hydrogen (secondary N) is 1. The molecule has 1 atom stereocenters. The molecule has 6 rings (SSSR count). The summed E-state index contributed by atoms with van der Waals surface area (Å²) in [6, 6.07) is 19.2. The molecule has 5 nitrogen and oxygen atoms in total. The van der Waals surface area contributed by atoms with E-state index in [1.54, 1.807) is 0 Å². The summed E-state index contributed by atoms with van der Waals surface area (Å²) in [4.78, 5) is 5.03. The van der Waals surface area contributed by atoms with Crippen LogP contribution in [-0.4, -0.2) is 22.8 Å². The van der Waals surface area contributed by atoms with E-state index in [9.17, 15) is 0 Å². The van der Waals surface area contributed by atoms with E-state index in [0.717, 1.165) is 65.5 Å². The number of aryl methyl sites for hydroxylation is 1. The lowest BCUT2D eigenvalue weighted by Crippen LogP contribution is -2.10. The Balaban J connectivity index is 1.37. The number of imidazole rings is 1. The fraction of sp³-hybridized carbons (Fsp3) is 0.286. The SMILES string of the molecule is Cc1ccc2c(c1)nc([C@H]1CCCO1)n2-c1cccc(CNc2ccc3c(c2)OC[C]3)c1C. The summed E-state index contributed by atoms with van der Waals surface area (Å²) in [6.45, 7) is 6.37. The lowest BCUT2D eigenvalue weighted by molar-refractivity contribution is 0.104. The molecule has 33 heavy (non-hydrogen) atoms. The molecule has 0 saturated carbocycles. The molecule has 0 aliphatic carbocycles. The second-order valence-corrected chi connectivity index (χ2v) is 8.89. The second kappa shape index (κ2) is 8.23. The first-order valence-electron chi connectivity index (χ1n) is 11.6. The van der Waals surface area contributed by atoms with Gasteiger partial charge in [0, 0.05) is 30.5 Å². The fourth-order valence-corrected chi connectivity index (χ4v) is 4.85. The van der Waals surface area contributed by atoms with Crippen LogP contribution in [0.2, 0.25) is 0 Å². The highest BCUT2D eigenvalue weighted by atomic mass is 16.5. The van der Waals surface area contributed by atoms with Gasteiger partial charge in [-0.25, -0.2) is 4.98 Å². The van der Waals surface area contributed by atoms with Gasteiger partial charge in [0.25, 0.3) is 0 Å². The predicted octanol–water partition coefficient (Wildman–Crippen LogP) is 5.93. The largest absolute Gasteiger partial charge is 0.492 e. The summed E-state index contributed by atoms with van der Waals surface area (Å²) in [5.41, 5.74) is 9.11. The van der Waals surface area contributed by atoms with Crippen LogP contribution in [0.5, 0.6) is 5.75 Å². The smallest absolute Gasteiger partial charge is 0.143 e. The molecule has 0 bridgehead atoms. The Morgan fingerprint density at radius 3 is 2.94 bits per heavy atom. The highest BCUT2D eigenvalue weighted by molar-refractivity contribution is 5.79. The van der Waals surface area contributed by atoms with E-state index in [4.69, 9.17) is 14.5 Å². The summed E-state index contributed by atoms with van der Waals surface area (Å²) in [7, 11) is 0. The van der Waals surface area contributed by atoms with Crippen molar-refractivity contribution < 1.29 is 9.47 Å². The Morgan fingerprint density at radius 1 is 1.12 bits per heavy atom. The van der Waals surface area contributed by atoms with Gasteiger partial charge in [0.15, 0.2) is 0 Å². The topological polar surface area (TPSA) is 48.3 Å². The Bertz CT molecular complexity index is 1330. The highest BCUT2D eigenvalue weighted by Gasteiger charge is 2.26. The summed E-state index contributed by atoms with van der Waals surface area (Å²) < 4.78 is 14.0. The third kappa shape index (κ3) is 3.66. The maximum atomic E-state index is 6.06. The molecule has 1 saturated heterocycles. The van der Waals surface area contributed by atoms with Crippen LogP contribution in [0.4, 0.5) is 5.69 Å². The van der Waals surface area contributed by atoms with Crippen molar-refractivity contribution in [2.45, 2.75) is 39.3 Å². The first-order chi connectivity index (χ1) is 16.2. The molecule has 1 fully saturated rings. The summed E-state index contributed by atoms with van der Waals surface area (Å²) in [5.74, 6) is 1.90. The van der Waals surface area contributed by atoms with E-state index in [-0.39, 0.29) is 6.10 Å². The van der Waals surface area contributed by atoms with Gasteiger partial charge in [0.05, 0.1) is 23.1 Å². The number of benzene rings is 3. The molecule has 1 aromatic heterocycles. The molecular formula is C28H27N3O2. The molecule has 3 heterocycles. The number of hydrogen-bond donors (Lipinski definition) is 1. The maximum Gasteiger partial charge on any atom is 0.143 e. The molecule has 2 aliphatic heterocycles.